The Hall–Kier alpha value is 1.06. The molecule has 0 aliphatic rings. The van der Waals surface area contributed by atoms with Crippen LogP contribution in [0.15, 0.2) is 0 Å². The molecule has 0 unspecified atom stereocenters. The number of aliphatic hydroxyl groups excluding tert-OH is 1. The molecule has 43 valence electrons. The number of aliphatic hydroxyl groups is 1. The molecule has 0 saturated carbocycles. The topological polar surface area (TPSA) is 20.2 Å². The third-order valence-corrected chi connectivity index (χ3v) is 0.224. The summed E-state index contributed by atoms with van der Waals surface area (Å²) in [6.45, 7) is 7.25. The zero-order chi connectivity index (χ0) is 5.41. The van der Waals surface area contributed by atoms with Gasteiger partial charge < -0.3 is 12.0 Å². The first kappa shape index (κ1) is 15.7. The van der Waals surface area contributed by atoms with Gasteiger partial charge in [-0.25, -0.2) is 0 Å². The van der Waals surface area contributed by atoms with Crippen molar-refractivity contribution in [1.29, 1.82) is 0 Å². The molecule has 0 fully saturated rings. The van der Waals surface area contributed by atoms with Crippen LogP contribution < -0.4 is 0 Å². The van der Waals surface area contributed by atoms with E-state index in [-0.39, 0.29) is 32.7 Å². The summed E-state index contributed by atoms with van der Waals surface area (Å²) in [5, 5.41) is 7.88. The van der Waals surface area contributed by atoms with Gasteiger partial charge in [-0.05, 0) is 6.42 Å². The first-order chi connectivity index (χ1) is 2.91. The molecule has 0 amide bonds. The van der Waals surface area contributed by atoms with Gasteiger partial charge in [-0.2, -0.15) is 6.92 Å². The van der Waals surface area contributed by atoms with E-state index in [2.05, 4.69) is 6.92 Å². The van der Waals surface area contributed by atoms with Crippen LogP contribution in [0.4, 0.5) is 0 Å². The third-order valence-electron chi connectivity index (χ3n) is 0.224. The quantitative estimate of drug-likeness (QED) is 0.598. The van der Waals surface area contributed by atoms with E-state index in [4.69, 9.17) is 5.11 Å². The molecule has 0 heterocycles. The molecule has 0 saturated heterocycles. The first-order valence-electron chi connectivity index (χ1n) is 2.23. The largest absolute Gasteiger partial charge is 0.396 e. The molecule has 0 spiro atoms. The normalized spacial score (nSPS) is 5.14. The molecule has 2 heteroatoms. The van der Waals surface area contributed by atoms with Crippen molar-refractivity contribution in [3.63, 3.8) is 0 Å². The molecule has 7 heavy (non-hydrogen) atoms. The number of hydrogen-bond donors (Lipinski definition) is 1. The predicted molar refractivity (Wildman–Crippen MR) is 28.4 cm³/mol. The van der Waals surface area contributed by atoms with Crippen LogP contribution in [-0.2, 0) is 32.7 Å². The monoisotopic (exact) mass is 178 g/mol. The molecule has 0 aromatic heterocycles. The van der Waals surface area contributed by atoms with Crippen molar-refractivity contribution in [2.75, 3.05) is 6.61 Å². The minimum absolute atomic E-state index is 0. The van der Waals surface area contributed by atoms with Gasteiger partial charge >= 0.3 is 0 Å². The first-order valence-corrected chi connectivity index (χ1v) is 2.23. The summed E-state index contributed by atoms with van der Waals surface area (Å²) < 4.78 is 0. The van der Waals surface area contributed by atoms with Gasteiger partial charge in [0.1, 0.15) is 0 Å². The molecule has 0 aromatic rings. The van der Waals surface area contributed by atoms with Crippen LogP contribution in [0.2, 0.25) is 0 Å². The zero-order valence-corrected chi connectivity index (χ0v) is 7.98. The molecule has 0 aromatic carbocycles. The van der Waals surface area contributed by atoms with E-state index in [1.165, 1.54) is 0 Å². The van der Waals surface area contributed by atoms with E-state index in [0.29, 0.717) is 6.61 Å². The summed E-state index contributed by atoms with van der Waals surface area (Å²) in [5.41, 5.74) is 0. The fourth-order valence-corrected chi connectivity index (χ4v) is 0. The second kappa shape index (κ2) is 27.7. The van der Waals surface area contributed by atoms with Gasteiger partial charge in [-0.15, -0.1) is 0 Å². The molecule has 1 nitrogen and oxygen atoms in total. The summed E-state index contributed by atoms with van der Waals surface area (Å²) in [6.07, 6.45) is 0.875. The van der Waals surface area contributed by atoms with Crippen molar-refractivity contribution >= 4 is 0 Å². The molecular formula is C5H13OY-. The van der Waals surface area contributed by atoms with E-state index >= 15 is 0 Å². The van der Waals surface area contributed by atoms with Crippen molar-refractivity contribution in [2.24, 2.45) is 0 Å². The summed E-state index contributed by atoms with van der Waals surface area (Å²) in [5.74, 6) is 0. The second-order valence-corrected chi connectivity index (χ2v) is 0.724. The maximum atomic E-state index is 7.88. The van der Waals surface area contributed by atoms with Crippen molar-refractivity contribution in [1.82, 2.24) is 0 Å². The van der Waals surface area contributed by atoms with Crippen LogP contribution in [0.5, 0.6) is 0 Å². The summed E-state index contributed by atoms with van der Waals surface area (Å²) in [4.78, 5) is 0. The van der Waals surface area contributed by atoms with Gasteiger partial charge in [-0.3, -0.25) is 0 Å². The van der Waals surface area contributed by atoms with Crippen LogP contribution in [0.25, 0.3) is 0 Å². The van der Waals surface area contributed by atoms with E-state index in [0.717, 1.165) is 6.42 Å². The van der Waals surface area contributed by atoms with Gasteiger partial charge in [0.2, 0.25) is 0 Å². The summed E-state index contributed by atoms with van der Waals surface area (Å²) in [6, 6.07) is 0. The van der Waals surface area contributed by atoms with Crippen LogP contribution in [0.3, 0.4) is 0 Å². The smallest absolute Gasteiger partial charge is 0.0428 e. The van der Waals surface area contributed by atoms with Crippen molar-refractivity contribution < 1.29 is 37.8 Å². The molecular weight excluding hydrogens is 165 g/mol. The zero-order valence-electron chi connectivity index (χ0n) is 5.15. The average molecular weight is 178 g/mol. The van der Waals surface area contributed by atoms with Gasteiger partial charge in [0, 0.05) is 39.3 Å². The van der Waals surface area contributed by atoms with Crippen molar-refractivity contribution in [3.8, 4) is 0 Å². The van der Waals surface area contributed by atoms with Crippen molar-refractivity contribution in [2.45, 2.75) is 20.3 Å². The SMILES string of the molecule is CCCO.[CH2-]C.[Y]. The fourth-order valence-electron chi connectivity index (χ4n) is 0. The van der Waals surface area contributed by atoms with Gasteiger partial charge in [0.15, 0.2) is 0 Å². The Bertz CT molecular complexity index is 10.0. The molecule has 0 aliphatic heterocycles. The third kappa shape index (κ3) is 42.5. The van der Waals surface area contributed by atoms with E-state index < -0.39 is 0 Å². The molecule has 0 aliphatic carbocycles. The van der Waals surface area contributed by atoms with Crippen LogP contribution in [-0.4, -0.2) is 11.7 Å². The predicted octanol–water partition coefficient (Wildman–Crippen LogP) is 1.23. The second-order valence-electron chi connectivity index (χ2n) is 0.724. The maximum absolute atomic E-state index is 7.88. The van der Waals surface area contributed by atoms with E-state index in [1.54, 1.807) is 6.92 Å². The summed E-state index contributed by atoms with van der Waals surface area (Å²) >= 11 is 0. The molecule has 0 bridgehead atoms. The Morgan fingerprint density at radius 2 is 1.57 bits per heavy atom. The van der Waals surface area contributed by atoms with Crippen LogP contribution >= 0.6 is 0 Å². The Morgan fingerprint density at radius 1 is 1.43 bits per heavy atom. The van der Waals surface area contributed by atoms with Crippen molar-refractivity contribution in [3.05, 3.63) is 6.92 Å². The Kier molecular flexibility index (Phi) is 62.0. The average Bonchev–Trinajstić information content (AvgIpc) is 1.72. The minimum atomic E-state index is 0. The maximum Gasteiger partial charge on any atom is 0.0428 e. The number of rotatable bonds is 1. The Morgan fingerprint density at radius 3 is 1.57 bits per heavy atom. The Balaban J connectivity index is -0.0000000480. The van der Waals surface area contributed by atoms with Crippen LogP contribution in [0, 0.1) is 6.92 Å². The molecule has 1 N–H and O–H groups in total. The van der Waals surface area contributed by atoms with Crippen LogP contribution in [0.1, 0.15) is 20.3 Å². The summed E-state index contributed by atoms with van der Waals surface area (Å²) in [7, 11) is 0. The fraction of sp³-hybridized carbons (Fsp3) is 0.800. The van der Waals surface area contributed by atoms with Gasteiger partial charge in [-0.1, -0.05) is 6.92 Å². The van der Waals surface area contributed by atoms with Gasteiger partial charge in [0.05, 0.1) is 0 Å². The van der Waals surface area contributed by atoms with E-state index in [1.807, 2.05) is 6.92 Å². The Labute approximate surface area is 71.4 Å². The number of hydrogen-bond acceptors (Lipinski definition) is 1. The molecule has 0 atom stereocenters. The van der Waals surface area contributed by atoms with Gasteiger partial charge in [0.25, 0.3) is 0 Å². The standard InChI is InChI=1S/C3H8O.C2H5.Y/c1-2-3-4;1-2;/h4H,2-3H2,1H3;1H2,2H3;/q;-1;. The molecule has 0 rings (SSSR count). The minimum Gasteiger partial charge on any atom is -0.396 e. The molecule has 1 radical (unpaired) electrons. The van der Waals surface area contributed by atoms with E-state index in [9.17, 15) is 0 Å².